The maximum Gasteiger partial charge on any atom is 0.164 e. The van der Waals surface area contributed by atoms with Crippen molar-refractivity contribution in [3.05, 3.63) is 163 Å². The minimum Gasteiger partial charge on any atom is -0.456 e. The van der Waals surface area contributed by atoms with E-state index in [2.05, 4.69) is 4.98 Å². The minimum atomic E-state index is -0.743. The maximum absolute atomic E-state index is 9.55. The van der Waals surface area contributed by atoms with Gasteiger partial charge in [0.2, 0.25) is 0 Å². The third-order valence-electron chi connectivity index (χ3n) is 7.52. The first-order valence-corrected chi connectivity index (χ1v) is 14.4. The number of benzene rings is 7. The quantitative estimate of drug-likeness (QED) is 0.193. The molecule has 0 aliphatic rings. The molecule has 0 amide bonds. The number of rotatable bonds is 5. The number of aromatic nitrogens is 3. The van der Waals surface area contributed by atoms with Crippen molar-refractivity contribution in [3.8, 4) is 56.4 Å². The van der Waals surface area contributed by atoms with Gasteiger partial charge in [0.15, 0.2) is 17.5 Å². The molecule has 0 radical (unpaired) electrons. The standard InChI is InChI=1S/C43H27N3O/c1-4-12-28(13-5-1)32-22-20-30-21-23-33(25-34(30)24-32)42-44-41(31-16-8-3-9-17-31)45-43(46-42)37-26-35(29-14-6-2-7-15-29)27-39-40(37)36-18-10-11-19-38(36)47-39/h1-27H/i1D,2D,4D,5D,6D,7D,12D,13D,14D,15D,20D,21D,22D,23D,24D,25D. The monoisotopic (exact) mass is 617 g/mol. The number of fused-ring (bicyclic) bond motifs is 4. The third kappa shape index (κ3) is 4.93. The molecule has 9 rings (SSSR count). The number of nitrogens with zero attached hydrogens (tertiary/aromatic N) is 3. The van der Waals surface area contributed by atoms with Gasteiger partial charge in [-0.1, -0.05) is 133 Å². The van der Waals surface area contributed by atoms with Crippen molar-refractivity contribution in [2.75, 3.05) is 0 Å². The summed E-state index contributed by atoms with van der Waals surface area (Å²) in [5, 5.41) is 0.222. The molecule has 2 aromatic heterocycles. The van der Waals surface area contributed by atoms with Crippen molar-refractivity contribution in [1.29, 1.82) is 0 Å². The van der Waals surface area contributed by atoms with E-state index in [1.807, 2.05) is 0 Å². The second-order valence-corrected chi connectivity index (χ2v) is 10.4. The largest absolute Gasteiger partial charge is 0.456 e. The lowest BCUT2D eigenvalue weighted by atomic mass is 9.98. The number of hydrogen-bond donors (Lipinski definition) is 0. The van der Waals surface area contributed by atoms with Gasteiger partial charge >= 0.3 is 0 Å². The molecule has 4 heteroatoms. The predicted molar refractivity (Wildman–Crippen MR) is 192 cm³/mol. The maximum atomic E-state index is 9.55. The topological polar surface area (TPSA) is 51.8 Å². The molecule has 0 saturated carbocycles. The van der Waals surface area contributed by atoms with Gasteiger partial charge in [0.05, 0.1) is 21.9 Å². The summed E-state index contributed by atoms with van der Waals surface area (Å²) in [6.45, 7) is 0. The predicted octanol–water partition coefficient (Wildman–Crippen LogP) is 11.3. The third-order valence-corrected chi connectivity index (χ3v) is 7.52. The van der Waals surface area contributed by atoms with E-state index in [9.17, 15) is 4.11 Å². The molecule has 47 heavy (non-hydrogen) atoms. The molecule has 0 fully saturated rings. The number of furan rings is 1. The van der Waals surface area contributed by atoms with E-state index in [0.29, 0.717) is 21.9 Å². The summed E-state index contributed by atoms with van der Waals surface area (Å²) in [7, 11) is 0. The number of para-hydroxylation sites is 1. The summed E-state index contributed by atoms with van der Waals surface area (Å²) in [4.78, 5) is 14.3. The Bertz CT molecular complexity index is 3430. The lowest BCUT2D eigenvalue weighted by molar-refractivity contribution is 0.669. The average molecular weight is 618 g/mol. The van der Waals surface area contributed by atoms with Crippen LogP contribution >= 0.6 is 0 Å². The molecule has 0 bridgehead atoms. The van der Waals surface area contributed by atoms with E-state index < -0.39 is 119 Å². The van der Waals surface area contributed by atoms with Gasteiger partial charge in [-0.15, -0.1) is 0 Å². The van der Waals surface area contributed by atoms with Gasteiger partial charge in [-0.05, 0) is 63.3 Å². The van der Waals surface area contributed by atoms with Crippen LogP contribution < -0.4 is 0 Å². The highest BCUT2D eigenvalue weighted by atomic mass is 16.3. The van der Waals surface area contributed by atoms with Crippen LogP contribution in [0.3, 0.4) is 0 Å². The first-order chi connectivity index (χ1) is 29.9. The van der Waals surface area contributed by atoms with Gasteiger partial charge in [0.25, 0.3) is 0 Å². The van der Waals surface area contributed by atoms with Crippen molar-refractivity contribution < 1.29 is 26.3 Å². The van der Waals surface area contributed by atoms with Crippen LogP contribution in [0.5, 0.6) is 0 Å². The number of hydrogen-bond acceptors (Lipinski definition) is 4. The zero-order chi connectivity index (χ0) is 45.1. The zero-order valence-electron chi connectivity index (χ0n) is 40.1. The Labute approximate surface area is 294 Å². The first kappa shape index (κ1) is 15.3. The Morgan fingerprint density at radius 1 is 0.447 bits per heavy atom. The van der Waals surface area contributed by atoms with Crippen LogP contribution in [0.25, 0.3) is 89.1 Å². The van der Waals surface area contributed by atoms with Crippen LogP contribution in [-0.2, 0) is 0 Å². The summed E-state index contributed by atoms with van der Waals surface area (Å²) < 4.78 is 145. The molecule has 0 aliphatic heterocycles. The summed E-state index contributed by atoms with van der Waals surface area (Å²) >= 11 is 0. The fourth-order valence-corrected chi connectivity index (χ4v) is 5.38. The molecular weight excluding hydrogens is 574 g/mol. The second-order valence-electron chi connectivity index (χ2n) is 10.4. The molecule has 9 aromatic rings. The van der Waals surface area contributed by atoms with Crippen molar-refractivity contribution in [1.82, 2.24) is 15.0 Å². The fraction of sp³-hybridized carbons (Fsp3) is 0. The summed E-state index contributed by atoms with van der Waals surface area (Å²) in [5.41, 5.74) is -0.0608. The van der Waals surface area contributed by atoms with Gasteiger partial charge in [0.1, 0.15) is 11.2 Å². The molecule has 2 heterocycles. The van der Waals surface area contributed by atoms with Crippen molar-refractivity contribution in [3.63, 3.8) is 0 Å². The Balaban J connectivity index is 1.40. The van der Waals surface area contributed by atoms with Crippen LogP contribution in [0.4, 0.5) is 0 Å². The van der Waals surface area contributed by atoms with Crippen LogP contribution in [0, 0.1) is 0 Å². The summed E-state index contributed by atoms with van der Waals surface area (Å²) in [6.07, 6.45) is 0. The first-order valence-electron chi connectivity index (χ1n) is 22.4. The van der Waals surface area contributed by atoms with Crippen LogP contribution in [0.15, 0.2) is 168 Å². The smallest absolute Gasteiger partial charge is 0.164 e. The van der Waals surface area contributed by atoms with E-state index in [1.165, 1.54) is 0 Å². The highest BCUT2D eigenvalue weighted by molar-refractivity contribution is 6.13. The van der Waals surface area contributed by atoms with Gasteiger partial charge < -0.3 is 4.42 Å². The van der Waals surface area contributed by atoms with Crippen molar-refractivity contribution in [2.45, 2.75) is 0 Å². The molecular formula is C43H27N3O. The van der Waals surface area contributed by atoms with Gasteiger partial charge in [0, 0.05) is 27.5 Å². The van der Waals surface area contributed by atoms with Crippen LogP contribution in [-0.4, -0.2) is 15.0 Å². The highest BCUT2D eigenvalue weighted by Gasteiger charge is 2.19. The zero-order valence-corrected chi connectivity index (χ0v) is 24.1. The molecule has 0 N–H and O–H groups in total. The molecule has 4 nitrogen and oxygen atoms in total. The van der Waals surface area contributed by atoms with E-state index in [-0.39, 0.29) is 45.3 Å². The molecule has 0 aliphatic carbocycles. The van der Waals surface area contributed by atoms with Gasteiger partial charge in [-0.25, -0.2) is 15.0 Å². The van der Waals surface area contributed by atoms with E-state index in [0.717, 1.165) is 0 Å². The molecule has 0 unspecified atom stereocenters. The minimum absolute atomic E-state index is 0.0313. The Hall–Kier alpha value is -6.39. The summed E-state index contributed by atoms with van der Waals surface area (Å²) in [6, 6.07) is 8.36. The Morgan fingerprint density at radius 3 is 1.83 bits per heavy atom. The van der Waals surface area contributed by atoms with Gasteiger partial charge in [-0.3, -0.25) is 0 Å². The van der Waals surface area contributed by atoms with Crippen molar-refractivity contribution >= 4 is 32.7 Å². The molecule has 0 saturated heterocycles. The highest BCUT2D eigenvalue weighted by Crippen LogP contribution is 2.40. The lowest BCUT2D eigenvalue weighted by Crippen LogP contribution is -2.00. The Morgan fingerprint density at radius 2 is 1.06 bits per heavy atom. The van der Waals surface area contributed by atoms with Crippen LogP contribution in [0.1, 0.15) is 21.9 Å². The van der Waals surface area contributed by atoms with Gasteiger partial charge in [-0.2, -0.15) is 0 Å². The van der Waals surface area contributed by atoms with E-state index in [4.69, 9.17) is 32.2 Å². The fourth-order valence-electron chi connectivity index (χ4n) is 5.38. The molecule has 7 aromatic carbocycles. The van der Waals surface area contributed by atoms with E-state index in [1.54, 1.807) is 66.7 Å². The molecule has 220 valence electrons. The lowest BCUT2D eigenvalue weighted by Gasteiger charge is -2.12. The summed E-state index contributed by atoms with van der Waals surface area (Å²) in [5.74, 6) is -0.379. The molecule has 0 atom stereocenters. The average Bonchev–Trinajstić information content (AvgIpc) is 3.66. The Kier molecular flexibility index (Phi) is 3.64. The second kappa shape index (κ2) is 11.2. The van der Waals surface area contributed by atoms with Crippen molar-refractivity contribution in [2.24, 2.45) is 0 Å². The SMILES string of the molecule is [2H]c1c([2H])c([2H])c(-c2cc(-c3nc(-c4ccccc4)nc(-c4c([2H])c([2H])c5c([2H])c([2H])c(-c6c([2H])c([2H])c([2H])c([2H])c6[2H])c([2H])c5c4[2H])n3)c3c(c2)oc2ccccc23)c([2H])c1[2H]. The van der Waals surface area contributed by atoms with E-state index >= 15 is 0 Å². The molecule has 0 spiro atoms. The van der Waals surface area contributed by atoms with Crippen LogP contribution in [0.2, 0.25) is 0 Å². The normalized spacial score (nSPS) is 16.2.